The molecule has 1 N–H and O–H groups in total. The molecule has 0 aliphatic heterocycles. The molecule has 3 aromatic carbocycles. The summed E-state index contributed by atoms with van der Waals surface area (Å²) in [7, 11) is 1.47. The van der Waals surface area contributed by atoms with Crippen molar-refractivity contribution in [3.05, 3.63) is 60.2 Å². The van der Waals surface area contributed by atoms with E-state index < -0.39 is 0 Å². The normalized spacial score (nSPS) is 10.5. The molecule has 0 heterocycles. The summed E-state index contributed by atoms with van der Waals surface area (Å²) in [4.78, 5) is 11.1. The van der Waals surface area contributed by atoms with E-state index in [2.05, 4.69) is 6.07 Å². The van der Waals surface area contributed by atoms with Crippen molar-refractivity contribution in [1.82, 2.24) is 0 Å². The molecule has 0 amide bonds. The maximum Gasteiger partial charge on any atom is 0.168 e. The third kappa shape index (κ3) is 2.34. The summed E-state index contributed by atoms with van der Waals surface area (Å²) in [6, 6.07) is 17.5. The fourth-order valence-corrected chi connectivity index (χ4v) is 2.41. The van der Waals surface area contributed by atoms with E-state index in [1.807, 2.05) is 36.4 Å². The first-order chi connectivity index (χ1) is 10.2. The van der Waals surface area contributed by atoms with Gasteiger partial charge in [0, 0.05) is 0 Å². The topological polar surface area (TPSA) is 46.5 Å². The Morgan fingerprint density at radius 1 is 0.952 bits per heavy atom. The molecule has 104 valence electrons. The highest BCUT2D eigenvalue weighted by molar-refractivity contribution is 5.90. The van der Waals surface area contributed by atoms with Crippen molar-refractivity contribution < 1.29 is 14.6 Å². The number of carbonyl (C=O) groups is 1. The van der Waals surface area contributed by atoms with Crippen molar-refractivity contribution in [3.8, 4) is 22.6 Å². The number of aldehydes is 1. The SMILES string of the molecule is COc1cc(-c2ccc3ccccc3c2)cc(C=O)c1O. The van der Waals surface area contributed by atoms with Crippen molar-refractivity contribution in [1.29, 1.82) is 0 Å². The van der Waals surface area contributed by atoms with Crippen LogP contribution in [0.4, 0.5) is 0 Å². The van der Waals surface area contributed by atoms with Crippen LogP contribution in [0.15, 0.2) is 54.6 Å². The molecular formula is C18H14O3. The molecule has 0 saturated carbocycles. The minimum atomic E-state index is -0.128. The van der Waals surface area contributed by atoms with E-state index in [0.29, 0.717) is 12.0 Å². The van der Waals surface area contributed by atoms with Gasteiger partial charge in [0.1, 0.15) is 0 Å². The third-order valence-electron chi connectivity index (χ3n) is 3.53. The van der Waals surface area contributed by atoms with Gasteiger partial charge in [-0.15, -0.1) is 0 Å². The largest absolute Gasteiger partial charge is 0.504 e. The number of aromatic hydroxyl groups is 1. The number of methoxy groups -OCH3 is 1. The van der Waals surface area contributed by atoms with Gasteiger partial charge < -0.3 is 9.84 Å². The van der Waals surface area contributed by atoms with Crippen molar-refractivity contribution in [2.24, 2.45) is 0 Å². The van der Waals surface area contributed by atoms with Gasteiger partial charge in [-0.1, -0.05) is 36.4 Å². The first-order valence-electron chi connectivity index (χ1n) is 6.58. The monoisotopic (exact) mass is 278 g/mol. The van der Waals surface area contributed by atoms with Crippen LogP contribution in [0.2, 0.25) is 0 Å². The van der Waals surface area contributed by atoms with Gasteiger partial charge >= 0.3 is 0 Å². The predicted octanol–water partition coefficient (Wildman–Crippen LogP) is 4.03. The molecular weight excluding hydrogens is 264 g/mol. The standard InChI is InChI=1S/C18H14O3/c1-21-17-10-15(9-16(11-19)18(17)20)14-7-6-12-4-2-3-5-13(12)8-14/h2-11,20H,1H3. The van der Waals surface area contributed by atoms with Gasteiger partial charge in [0.25, 0.3) is 0 Å². The lowest BCUT2D eigenvalue weighted by molar-refractivity contribution is 0.112. The van der Waals surface area contributed by atoms with Gasteiger partial charge in [0.2, 0.25) is 0 Å². The van der Waals surface area contributed by atoms with E-state index in [9.17, 15) is 9.90 Å². The average Bonchev–Trinajstić information content (AvgIpc) is 2.54. The molecule has 0 radical (unpaired) electrons. The number of phenolic OH excluding ortho intramolecular Hbond substituents is 1. The van der Waals surface area contributed by atoms with E-state index in [1.165, 1.54) is 7.11 Å². The molecule has 3 aromatic rings. The van der Waals surface area contributed by atoms with Gasteiger partial charge in [-0.3, -0.25) is 4.79 Å². The zero-order chi connectivity index (χ0) is 14.8. The lowest BCUT2D eigenvalue weighted by atomic mass is 9.99. The van der Waals surface area contributed by atoms with Crippen molar-refractivity contribution >= 4 is 17.1 Å². The zero-order valence-electron chi connectivity index (χ0n) is 11.5. The Morgan fingerprint density at radius 3 is 2.43 bits per heavy atom. The molecule has 0 fully saturated rings. The zero-order valence-corrected chi connectivity index (χ0v) is 11.5. The van der Waals surface area contributed by atoms with Crippen LogP contribution >= 0.6 is 0 Å². The summed E-state index contributed by atoms with van der Waals surface area (Å²) < 4.78 is 5.13. The molecule has 21 heavy (non-hydrogen) atoms. The molecule has 3 rings (SSSR count). The average molecular weight is 278 g/mol. The minimum absolute atomic E-state index is 0.128. The Morgan fingerprint density at radius 2 is 1.71 bits per heavy atom. The maximum atomic E-state index is 11.1. The number of benzene rings is 3. The second kappa shape index (κ2) is 5.29. The van der Waals surface area contributed by atoms with Gasteiger partial charge in [-0.25, -0.2) is 0 Å². The lowest BCUT2D eigenvalue weighted by Crippen LogP contribution is -1.91. The molecule has 0 saturated heterocycles. The Hall–Kier alpha value is -2.81. The van der Waals surface area contributed by atoms with Crippen molar-refractivity contribution in [2.45, 2.75) is 0 Å². The van der Waals surface area contributed by atoms with Crippen LogP contribution in [-0.4, -0.2) is 18.5 Å². The summed E-state index contributed by atoms with van der Waals surface area (Å²) in [5.74, 6) is 0.166. The summed E-state index contributed by atoms with van der Waals surface area (Å²) in [5.41, 5.74) is 2.02. The summed E-state index contributed by atoms with van der Waals surface area (Å²) in [6.45, 7) is 0. The van der Waals surface area contributed by atoms with E-state index in [0.717, 1.165) is 21.9 Å². The Balaban J connectivity index is 2.19. The number of hydrogen-bond donors (Lipinski definition) is 1. The smallest absolute Gasteiger partial charge is 0.168 e. The Labute approximate surface area is 122 Å². The second-order valence-electron chi connectivity index (χ2n) is 4.80. The van der Waals surface area contributed by atoms with E-state index in [-0.39, 0.29) is 11.3 Å². The minimum Gasteiger partial charge on any atom is -0.504 e. The summed E-state index contributed by atoms with van der Waals surface area (Å²) >= 11 is 0. The fourth-order valence-electron chi connectivity index (χ4n) is 2.41. The van der Waals surface area contributed by atoms with Crippen LogP contribution in [-0.2, 0) is 0 Å². The van der Waals surface area contributed by atoms with E-state index in [1.54, 1.807) is 12.1 Å². The van der Waals surface area contributed by atoms with E-state index >= 15 is 0 Å². The molecule has 0 bridgehead atoms. The van der Waals surface area contributed by atoms with Crippen molar-refractivity contribution in [3.63, 3.8) is 0 Å². The molecule has 0 aliphatic carbocycles. The summed E-state index contributed by atoms with van der Waals surface area (Å²) in [5, 5.41) is 12.2. The molecule has 3 nitrogen and oxygen atoms in total. The van der Waals surface area contributed by atoms with Gasteiger partial charge in [0.15, 0.2) is 17.8 Å². The van der Waals surface area contributed by atoms with Crippen LogP contribution in [0.1, 0.15) is 10.4 Å². The Kier molecular flexibility index (Phi) is 3.32. The van der Waals surface area contributed by atoms with E-state index in [4.69, 9.17) is 4.74 Å². The molecule has 0 atom stereocenters. The predicted molar refractivity (Wildman–Crippen MR) is 83.0 cm³/mol. The highest BCUT2D eigenvalue weighted by Gasteiger charge is 2.11. The molecule has 0 aromatic heterocycles. The van der Waals surface area contributed by atoms with Crippen LogP contribution in [0.5, 0.6) is 11.5 Å². The fraction of sp³-hybridized carbons (Fsp3) is 0.0556. The number of rotatable bonds is 3. The number of phenols is 1. The van der Waals surface area contributed by atoms with Crippen LogP contribution in [0.3, 0.4) is 0 Å². The quantitative estimate of drug-likeness (QED) is 0.736. The maximum absolute atomic E-state index is 11.1. The van der Waals surface area contributed by atoms with Gasteiger partial charge in [0.05, 0.1) is 12.7 Å². The number of carbonyl (C=O) groups excluding carboxylic acids is 1. The second-order valence-corrected chi connectivity index (χ2v) is 4.80. The summed E-state index contributed by atoms with van der Waals surface area (Å²) in [6.07, 6.45) is 0.627. The number of fused-ring (bicyclic) bond motifs is 1. The molecule has 3 heteroatoms. The molecule has 0 aliphatic rings. The number of hydrogen-bond acceptors (Lipinski definition) is 3. The van der Waals surface area contributed by atoms with Crippen molar-refractivity contribution in [2.75, 3.05) is 7.11 Å². The first kappa shape index (κ1) is 13.2. The highest BCUT2D eigenvalue weighted by atomic mass is 16.5. The Bertz CT molecular complexity index is 822. The first-order valence-corrected chi connectivity index (χ1v) is 6.58. The number of ether oxygens (including phenoxy) is 1. The molecule has 0 unspecified atom stereocenters. The molecule has 0 spiro atoms. The highest BCUT2D eigenvalue weighted by Crippen LogP contribution is 2.35. The van der Waals surface area contributed by atoms with Gasteiger partial charge in [-0.05, 0) is 40.1 Å². The van der Waals surface area contributed by atoms with Crippen LogP contribution in [0.25, 0.3) is 21.9 Å². The third-order valence-corrected chi connectivity index (χ3v) is 3.53. The lowest BCUT2D eigenvalue weighted by Gasteiger charge is -2.10. The van der Waals surface area contributed by atoms with Crippen LogP contribution in [0, 0.1) is 0 Å². The van der Waals surface area contributed by atoms with Crippen LogP contribution < -0.4 is 4.74 Å². The van der Waals surface area contributed by atoms with Gasteiger partial charge in [-0.2, -0.15) is 0 Å².